The molecule has 0 bridgehead atoms. The number of hydrogen-bond acceptors (Lipinski definition) is 2. The fourth-order valence-electron chi connectivity index (χ4n) is 2.72. The molecule has 2 amide bonds. The smallest absolute Gasteiger partial charge is 0.326 e. The SMILES string of the molecule is CCC1CCCCCN1C(=O)N[C@H](C(=O)O)C(C)(C)C. The van der Waals surface area contributed by atoms with Crippen molar-refractivity contribution in [2.24, 2.45) is 5.41 Å². The highest BCUT2D eigenvalue weighted by Crippen LogP contribution is 2.22. The standard InChI is InChI=1S/C15H28N2O3/c1-5-11-9-7-6-8-10-17(11)14(20)16-12(13(18)19)15(2,3)4/h11-12H,5-10H2,1-4H3,(H,16,20)(H,18,19)/t11?,12-/m1/s1. The second-order valence-electron chi connectivity index (χ2n) is 6.69. The van der Waals surface area contributed by atoms with E-state index in [0.29, 0.717) is 0 Å². The van der Waals surface area contributed by atoms with Crippen LogP contribution in [0.2, 0.25) is 0 Å². The van der Waals surface area contributed by atoms with E-state index in [9.17, 15) is 14.7 Å². The monoisotopic (exact) mass is 284 g/mol. The number of likely N-dealkylation sites (tertiary alicyclic amines) is 1. The number of hydrogen-bond donors (Lipinski definition) is 2. The third-order valence-electron chi connectivity index (χ3n) is 3.99. The molecule has 0 aliphatic carbocycles. The molecule has 1 unspecified atom stereocenters. The van der Waals surface area contributed by atoms with E-state index in [1.165, 1.54) is 0 Å². The summed E-state index contributed by atoms with van der Waals surface area (Å²) in [5.41, 5.74) is -0.505. The van der Waals surface area contributed by atoms with Gasteiger partial charge in [0, 0.05) is 12.6 Å². The van der Waals surface area contributed by atoms with Gasteiger partial charge in [0.25, 0.3) is 0 Å². The average molecular weight is 284 g/mol. The molecule has 20 heavy (non-hydrogen) atoms. The summed E-state index contributed by atoms with van der Waals surface area (Å²) in [6.07, 6.45) is 5.21. The summed E-state index contributed by atoms with van der Waals surface area (Å²) in [5.74, 6) is -0.978. The normalized spacial score (nSPS) is 22.0. The molecule has 0 spiro atoms. The molecule has 0 saturated carbocycles. The first-order chi connectivity index (χ1) is 9.27. The van der Waals surface area contributed by atoms with Crippen molar-refractivity contribution in [2.75, 3.05) is 6.54 Å². The van der Waals surface area contributed by atoms with E-state index in [1.807, 2.05) is 25.7 Å². The minimum atomic E-state index is -0.978. The first-order valence-electron chi connectivity index (χ1n) is 7.57. The quantitative estimate of drug-likeness (QED) is 0.837. The zero-order valence-electron chi connectivity index (χ0n) is 13.1. The summed E-state index contributed by atoms with van der Waals surface area (Å²) in [5, 5.41) is 12.0. The van der Waals surface area contributed by atoms with Crippen LogP contribution in [0, 0.1) is 5.41 Å². The van der Waals surface area contributed by atoms with Crippen LogP contribution in [0.3, 0.4) is 0 Å². The number of nitrogens with zero attached hydrogens (tertiary/aromatic N) is 1. The number of rotatable bonds is 3. The molecular weight excluding hydrogens is 256 g/mol. The zero-order chi connectivity index (χ0) is 15.3. The van der Waals surface area contributed by atoms with Crippen LogP contribution in [0.25, 0.3) is 0 Å². The molecule has 2 N–H and O–H groups in total. The maximum absolute atomic E-state index is 12.4. The van der Waals surface area contributed by atoms with Crippen LogP contribution in [-0.4, -0.2) is 40.6 Å². The zero-order valence-corrected chi connectivity index (χ0v) is 13.1. The van der Waals surface area contributed by atoms with E-state index >= 15 is 0 Å². The van der Waals surface area contributed by atoms with Gasteiger partial charge in [-0.15, -0.1) is 0 Å². The van der Waals surface area contributed by atoms with Crippen LogP contribution >= 0.6 is 0 Å². The summed E-state index contributed by atoms with van der Waals surface area (Å²) >= 11 is 0. The van der Waals surface area contributed by atoms with E-state index in [0.717, 1.165) is 38.6 Å². The van der Waals surface area contributed by atoms with Gasteiger partial charge in [0.1, 0.15) is 6.04 Å². The number of urea groups is 1. The lowest BCUT2D eigenvalue weighted by molar-refractivity contribution is -0.142. The molecule has 0 aromatic rings. The Bertz CT molecular complexity index is 350. The van der Waals surface area contributed by atoms with Gasteiger partial charge in [-0.05, 0) is 24.7 Å². The number of amides is 2. The van der Waals surface area contributed by atoms with Crippen molar-refractivity contribution >= 4 is 12.0 Å². The molecule has 0 radical (unpaired) electrons. The van der Waals surface area contributed by atoms with Crippen LogP contribution in [0.5, 0.6) is 0 Å². The van der Waals surface area contributed by atoms with Gasteiger partial charge in [0.2, 0.25) is 0 Å². The number of carboxylic acid groups (broad SMARTS) is 1. The van der Waals surface area contributed by atoms with Crippen molar-refractivity contribution < 1.29 is 14.7 Å². The number of aliphatic carboxylic acids is 1. The lowest BCUT2D eigenvalue weighted by Gasteiger charge is -2.34. The Balaban J connectivity index is 2.78. The Hall–Kier alpha value is -1.26. The van der Waals surface area contributed by atoms with Gasteiger partial charge in [-0.2, -0.15) is 0 Å². The summed E-state index contributed by atoms with van der Waals surface area (Å²) in [6.45, 7) is 8.28. The molecule has 1 aliphatic heterocycles. The highest BCUT2D eigenvalue weighted by molar-refractivity contribution is 5.83. The molecule has 2 atom stereocenters. The van der Waals surface area contributed by atoms with Crippen molar-refractivity contribution in [3.05, 3.63) is 0 Å². The first kappa shape index (κ1) is 16.8. The molecular formula is C15H28N2O3. The molecule has 5 nitrogen and oxygen atoms in total. The fourth-order valence-corrected chi connectivity index (χ4v) is 2.72. The summed E-state index contributed by atoms with van der Waals surface area (Å²) in [6, 6.07) is -0.872. The minimum Gasteiger partial charge on any atom is -0.480 e. The van der Waals surface area contributed by atoms with Crippen molar-refractivity contribution in [3.8, 4) is 0 Å². The van der Waals surface area contributed by atoms with Gasteiger partial charge in [0.05, 0.1) is 0 Å². The van der Waals surface area contributed by atoms with E-state index in [4.69, 9.17) is 0 Å². The summed E-state index contributed by atoms with van der Waals surface area (Å²) in [7, 11) is 0. The lowest BCUT2D eigenvalue weighted by Crippen LogP contribution is -2.55. The molecule has 1 saturated heterocycles. The Morgan fingerprint density at radius 2 is 1.95 bits per heavy atom. The van der Waals surface area contributed by atoms with Crippen LogP contribution in [0.4, 0.5) is 4.79 Å². The van der Waals surface area contributed by atoms with Crippen molar-refractivity contribution in [2.45, 2.75) is 71.9 Å². The predicted molar refractivity (Wildman–Crippen MR) is 78.7 cm³/mol. The van der Waals surface area contributed by atoms with Gasteiger partial charge in [0.15, 0.2) is 0 Å². The van der Waals surface area contributed by atoms with Gasteiger partial charge < -0.3 is 15.3 Å². The molecule has 0 aromatic carbocycles. The average Bonchev–Trinajstić information content (AvgIpc) is 2.58. The Labute approximate surface area is 121 Å². The molecule has 116 valence electrons. The van der Waals surface area contributed by atoms with Crippen LogP contribution in [-0.2, 0) is 4.79 Å². The van der Waals surface area contributed by atoms with Gasteiger partial charge in [-0.3, -0.25) is 0 Å². The van der Waals surface area contributed by atoms with E-state index in [1.54, 1.807) is 0 Å². The van der Waals surface area contributed by atoms with Gasteiger partial charge >= 0.3 is 12.0 Å². The second-order valence-corrected chi connectivity index (χ2v) is 6.69. The minimum absolute atomic E-state index is 0.229. The third-order valence-corrected chi connectivity index (χ3v) is 3.99. The lowest BCUT2D eigenvalue weighted by atomic mass is 9.87. The highest BCUT2D eigenvalue weighted by Gasteiger charge is 2.35. The molecule has 5 heteroatoms. The molecule has 1 aliphatic rings. The topological polar surface area (TPSA) is 69.6 Å². The van der Waals surface area contributed by atoms with Crippen LogP contribution in [0.1, 0.15) is 59.8 Å². The van der Waals surface area contributed by atoms with E-state index in [-0.39, 0.29) is 12.1 Å². The fraction of sp³-hybridized carbons (Fsp3) is 0.867. The van der Waals surface area contributed by atoms with E-state index < -0.39 is 17.4 Å². The number of carboxylic acids is 1. The van der Waals surface area contributed by atoms with Crippen LogP contribution < -0.4 is 5.32 Å². The number of carbonyl (C=O) groups excluding carboxylic acids is 1. The Morgan fingerprint density at radius 3 is 2.45 bits per heavy atom. The van der Waals surface area contributed by atoms with Crippen molar-refractivity contribution in [3.63, 3.8) is 0 Å². The molecule has 1 rings (SSSR count). The second kappa shape index (κ2) is 6.95. The van der Waals surface area contributed by atoms with Gasteiger partial charge in [-0.1, -0.05) is 40.5 Å². The third kappa shape index (κ3) is 4.39. The predicted octanol–water partition coefficient (Wildman–Crippen LogP) is 2.85. The van der Waals surface area contributed by atoms with E-state index in [2.05, 4.69) is 12.2 Å². The first-order valence-corrected chi connectivity index (χ1v) is 7.57. The highest BCUT2D eigenvalue weighted by atomic mass is 16.4. The maximum Gasteiger partial charge on any atom is 0.326 e. The molecule has 1 heterocycles. The molecule has 0 aromatic heterocycles. The van der Waals surface area contributed by atoms with Gasteiger partial charge in [-0.25, -0.2) is 9.59 Å². The Morgan fingerprint density at radius 1 is 1.30 bits per heavy atom. The summed E-state index contributed by atoms with van der Waals surface area (Å²) in [4.78, 5) is 25.6. The summed E-state index contributed by atoms with van der Waals surface area (Å²) < 4.78 is 0. The largest absolute Gasteiger partial charge is 0.480 e. The number of carbonyl (C=O) groups is 2. The Kier molecular flexibility index (Phi) is 5.84. The number of nitrogens with one attached hydrogen (secondary N) is 1. The molecule has 1 fully saturated rings. The van der Waals surface area contributed by atoms with Crippen molar-refractivity contribution in [1.82, 2.24) is 10.2 Å². The van der Waals surface area contributed by atoms with Crippen LogP contribution in [0.15, 0.2) is 0 Å². The maximum atomic E-state index is 12.4. The van der Waals surface area contributed by atoms with Crippen molar-refractivity contribution in [1.29, 1.82) is 0 Å².